The molecule has 18 heavy (non-hydrogen) atoms. The summed E-state index contributed by atoms with van der Waals surface area (Å²) in [6, 6.07) is 8.81. The van der Waals surface area contributed by atoms with Crippen LogP contribution in [0.25, 0.3) is 0 Å². The van der Waals surface area contributed by atoms with Crippen molar-refractivity contribution in [2.75, 3.05) is 5.33 Å². The number of halogens is 2. The maximum atomic E-state index is 12.9. The maximum Gasteiger partial charge on any atom is 0.123 e. The Balaban J connectivity index is 2.01. The third-order valence-corrected chi connectivity index (χ3v) is 3.98. The van der Waals surface area contributed by atoms with E-state index in [1.165, 1.54) is 23.4 Å². The van der Waals surface area contributed by atoms with Crippen molar-refractivity contribution in [1.82, 2.24) is 9.78 Å². The standard InChI is InChI=1S/C14H16BrFN2/c1-18-14(8-9-17-18)7-4-12(10-15)11-2-5-13(16)6-3-11/h2-3,5-6,8-9,12H,4,7,10H2,1H3. The average Bonchev–Trinajstić information content (AvgIpc) is 2.78. The third kappa shape index (κ3) is 3.19. The Kier molecular flexibility index (Phi) is 4.53. The number of aromatic nitrogens is 2. The molecule has 0 aliphatic rings. The van der Waals surface area contributed by atoms with Gasteiger partial charge in [-0.25, -0.2) is 4.39 Å². The molecule has 0 spiro atoms. The number of hydrogen-bond donors (Lipinski definition) is 0. The molecule has 0 aliphatic carbocycles. The molecule has 0 radical (unpaired) electrons. The van der Waals surface area contributed by atoms with Gasteiger partial charge in [0.1, 0.15) is 5.82 Å². The quantitative estimate of drug-likeness (QED) is 0.770. The lowest BCUT2D eigenvalue weighted by Crippen LogP contribution is -2.05. The highest BCUT2D eigenvalue weighted by Gasteiger charge is 2.11. The van der Waals surface area contributed by atoms with Crippen LogP contribution in [0.1, 0.15) is 23.6 Å². The van der Waals surface area contributed by atoms with Crippen LogP contribution in [0.3, 0.4) is 0 Å². The molecule has 1 atom stereocenters. The first kappa shape index (κ1) is 13.3. The highest BCUT2D eigenvalue weighted by Crippen LogP contribution is 2.24. The van der Waals surface area contributed by atoms with E-state index < -0.39 is 0 Å². The highest BCUT2D eigenvalue weighted by atomic mass is 79.9. The molecular formula is C14H16BrFN2. The summed E-state index contributed by atoms with van der Waals surface area (Å²) in [5.74, 6) is 0.221. The number of nitrogens with zero attached hydrogens (tertiary/aromatic N) is 2. The largest absolute Gasteiger partial charge is 0.273 e. The Morgan fingerprint density at radius 2 is 2.00 bits per heavy atom. The minimum absolute atomic E-state index is 0.182. The fraction of sp³-hybridized carbons (Fsp3) is 0.357. The maximum absolute atomic E-state index is 12.9. The lowest BCUT2D eigenvalue weighted by molar-refractivity contribution is 0.619. The molecular weight excluding hydrogens is 295 g/mol. The summed E-state index contributed by atoms with van der Waals surface area (Å²) in [6.07, 6.45) is 3.82. The Hall–Kier alpha value is -1.16. The van der Waals surface area contributed by atoms with Crippen LogP contribution in [0.5, 0.6) is 0 Å². The number of aryl methyl sites for hydroxylation is 2. The predicted molar refractivity (Wildman–Crippen MR) is 74.5 cm³/mol. The van der Waals surface area contributed by atoms with E-state index in [2.05, 4.69) is 21.0 Å². The second-order valence-corrected chi connectivity index (χ2v) is 5.04. The molecule has 2 nitrogen and oxygen atoms in total. The molecule has 4 heteroatoms. The lowest BCUT2D eigenvalue weighted by Gasteiger charge is -2.14. The summed E-state index contributed by atoms with van der Waals surface area (Å²) < 4.78 is 14.8. The highest BCUT2D eigenvalue weighted by molar-refractivity contribution is 9.09. The van der Waals surface area contributed by atoms with Crippen LogP contribution in [0, 0.1) is 5.82 Å². The van der Waals surface area contributed by atoms with Crippen LogP contribution < -0.4 is 0 Å². The SMILES string of the molecule is Cn1nccc1CCC(CBr)c1ccc(F)cc1. The summed E-state index contributed by atoms with van der Waals surface area (Å²) in [7, 11) is 1.95. The van der Waals surface area contributed by atoms with Crippen LogP contribution in [0.15, 0.2) is 36.5 Å². The molecule has 1 aromatic carbocycles. The first-order valence-electron chi connectivity index (χ1n) is 5.99. The van der Waals surface area contributed by atoms with E-state index >= 15 is 0 Å². The topological polar surface area (TPSA) is 17.8 Å². The van der Waals surface area contributed by atoms with Gasteiger partial charge < -0.3 is 0 Å². The van der Waals surface area contributed by atoms with Gasteiger partial charge in [-0.15, -0.1) is 0 Å². The summed E-state index contributed by atoms with van der Waals surface area (Å²) in [5, 5.41) is 5.05. The average molecular weight is 311 g/mol. The Morgan fingerprint density at radius 1 is 1.28 bits per heavy atom. The van der Waals surface area contributed by atoms with Gasteiger partial charge in [-0.2, -0.15) is 5.10 Å². The normalized spacial score (nSPS) is 12.6. The fourth-order valence-electron chi connectivity index (χ4n) is 2.04. The summed E-state index contributed by atoms with van der Waals surface area (Å²) >= 11 is 3.54. The van der Waals surface area contributed by atoms with Gasteiger partial charge in [0, 0.05) is 24.3 Å². The molecule has 2 rings (SSSR count). The fourth-order valence-corrected chi connectivity index (χ4v) is 2.73. The van der Waals surface area contributed by atoms with E-state index in [1.807, 2.05) is 36.1 Å². The molecule has 2 aromatic rings. The lowest BCUT2D eigenvalue weighted by atomic mass is 9.95. The van der Waals surface area contributed by atoms with Crippen molar-refractivity contribution in [2.45, 2.75) is 18.8 Å². The van der Waals surface area contributed by atoms with Crippen molar-refractivity contribution >= 4 is 15.9 Å². The Labute approximate surface area is 115 Å². The zero-order valence-electron chi connectivity index (χ0n) is 10.3. The smallest absolute Gasteiger partial charge is 0.123 e. The van der Waals surface area contributed by atoms with Gasteiger partial charge in [-0.3, -0.25) is 4.68 Å². The molecule has 0 amide bonds. The van der Waals surface area contributed by atoms with Gasteiger partial charge in [-0.1, -0.05) is 28.1 Å². The number of benzene rings is 1. The van der Waals surface area contributed by atoms with Crippen LogP contribution >= 0.6 is 15.9 Å². The molecule has 0 saturated heterocycles. The molecule has 96 valence electrons. The van der Waals surface area contributed by atoms with Crippen LogP contribution in [0.2, 0.25) is 0 Å². The predicted octanol–water partition coefficient (Wildman–Crippen LogP) is 3.67. The number of hydrogen-bond acceptors (Lipinski definition) is 1. The molecule has 0 bridgehead atoms. The van der Waals surface area contributed by atoms with E-state index in [-0.39, 0.29) is 5.82 Å². The van der Waals surface area contributed by atoms with Crippen molar-refractivity contribution in [3.63, 3.8) is 0 Å². The van der Waals surface area contributed by atoms with E-state index in [4.69, 9.17) is 0 Å². The third-order valence-electron chi connectivity index (χ3n) is 3.20. The second kappa shape index (κ2) is 6.14. The van der Waals surface area contributed by atoms with Gasteiger partial charge in [0.05, 0.1) is 0 Å². The summed E-state index contributed by atoms with van der Waals surface area (Å²) in [5.41, 5.74) is 2.40. The van der Waals surface area contributed by atoms with Crippen LogP contribution in [-0.4, -0.2) is 15.1 Å². The van der Waals surface area contributed by atoms with Crippen molar-refractivity contribution in [3.05, 3.63) is 53.6 Å². The second-order valence-electron chi connectivity index (χ2n) is 4.39. The van der Waals surface area contributed by atoms with Crippen molar-refractivity contribution in [2.24, 2.45) is 7.05 Å². The summed E-state index contributed by atoms with van der Waals surface area (Å²) in [4.78, 5) is 0. The number of alkyl halides is 1. The van der Waals surface area contributed by atoms with E-state index in [0.717, 1.165) is 18.2 Å². The van der Waals surface area contributed by atoms with E-state index in [1.54, 1.807) is 0 Å². The Morgan fingerprint density at radius 3 is 2.56 bits per heavy atom. The zero-order valence-corrected chi connectivity index (χ0v) is 11.9. The summed E-state index contributed by atoms with van der Waals surface area (Å²) in [6.45, 7) is 0. The number of rotatable bonds is 5. The zero-order chi connectivity index (χ0) is 13.0. The first-order valence-corrected chi connectivity index (χ1v) is 7.11. The van der Waals surface area contributed by atoms with Crippen molar-refractivity contribution in [1.29, 1.82) is 0 Å². The van der Waals surface area contributed by atoms with Gasteiger partial charge >= 0.3 is 0 Å². The van der Waals surface area contributed by atoms with E-state index in [0.29, 0.717) is 5.92 Å². The van der Waals surface area contributed by atoms with Gasteiger partial charge in [0.25, 0.3) is 0 Å². The molecule has 0 aliphatic heterocycles. The monoisotopic (exact) mass is 310 g/mol. The van der Waals surface area contributed by atoms with Gasteiger partial charge in [0.15, 0.2) is 0 Å². The van der Waals surface area contributed by atoms with Gasteiger partial charge in [0.2, 0.25) is 0 Å². The molecule has 1 unspecified atom stereocenters. The molecule has 0 N–H and O–H groups in total. The first-order chi connectivity index (χ1) is 8.70. The molecule has 1 aromatic heterocycles. The molecule has 0 fully saturated rings. The minimum atomic E-state index is -0.182. The minimum Gasteiger partial charge on any atom is -0.273 e. The van der Waals surface area contributed by atoms with Crippen molar-refractivity contribution < 1.29 is 4.39 Å². The van der Waals surface area contributed by atoms with Crippen LogP contribution in [-0.2, 0) is 13.5 Å². The van der Waals surface area contributed by atoms with Gasteiger partial charge in [-0.05, 0) is 42.5 Å². The Bertz CT molecular complexity index is 493. The van der Waals surface area contributed by atoms with Crippen molar-refractivity contribution in [3.8, 4) is 0 Å². The molecule has 1 heterocycles. The van der Waals surface area contributed by atoms with Crippen LogP contribution in [0.4, 0.5) is 4.39 Å². The molecule has 0 saturated carbocycles. The van der Waals surface area contributed by atoms with E-state index in [9.17, 15) is 4.39 Å².